The number of carbonyl (C=O) groups excluding carboxylic acids is 1. The van der Waals surface area contributed by atoms with Crippen molar-refractivity contribution in [2.24, 2.45) is 5.41 Å². The Morgan fingerprint density at radius 2 is 0.657 bits per heavy atom. The molecule has 0 fully saturated rings. The van der Waals surface area contributed by atoms with E-state index in [9.17, 15) is 20.4 Å². The number of hydrogen-bond donors (Lipinski definition) is 4. The van der Waals surface area contributed by atoms with Gasteiger partial charge in [-0.3, -0.25) is 4.79 Å². The second-order valence-electron chi connectivity index (χ2n) is 30.4. The van der Waals surface area contributed by atoms with E-state index in [0.29, 0.717) is 42.7 Å². The third-order valence-corrected chi connectivity index (χ3v) is 16.0. The van der Waals surface area contributed by atoms with Crippen molar-refractivity contribution in [2.45, 2.75) is 247 Å². The molecule has 0 atom stereocenters. The normalized spacial score (nSPS) is 20.2. The van der Waals surface area contributed by atoms with Crippen LogP contribution in [0.4, 0.5) is 0 Å². The highest BCUT2D eigenvalue weighted by Crippen LogP contribution is 2.61. The molecular formula is C64H90O6. The highest BCUT2D eigenvalue weighted by molar-refractivity contribution is 5.93. The van der Waals surface area contributed by atoms with E-state index in [1.165, 1.54) is 0 Å². The number of phenols is 4. The summed E-state index contributed by atoms with van der Waals surface area (Å²) >= 11 is 0. The summed E-state index contributed by atoms with van der Waals surface area (Å²) in [6, 6.07) is 8.46. The quantitative estimate of drug-likeness (QED) is 0.103. The molecule has 6 nitrogen and oxygen atoms in total. The number of fused-ring (bicyclic) bond motifs is 1. The van der Waals surface area contributed by atoms with Crippen LogP contribution in [0.2, 0.25) is 0 Å². The predicted molar refractivity (Wildman–Crippen MR) is 289 cm³/mol. The maximum absolute atomic E-state index is 17.4. The van der Waals surface area contributed by atoms with Crippen molar-refractivity contribution in [3.05, 3.63) is 108 Å². The van der Waals surface area contributed by atoms with Gasteiger partial charge in [0.25, 0.3) is 0 Å². The number of esters is 1. The second-order valence-corrected chi connectivity index (χ2v) is 30.4. The van der Waals surface area contributed by atoms with Crippen molar-refractivity contribution in [1.82, 2.24) is 0 Å². The smallest absolute Gasteiger partial charge is 0.326 e. The first-order valence-electron chi connectivity index (χ1n) is 26.1. The molecule has 2 heterocycles. The molecule has 0 saturated carbocycles. The highest BCUT2D eigenvalue weighted by Gasteiger charge is 2.57. The lowest BCUT2D eigenvalue weighted by Crippen LogP contribution is -2.48. The molecule has 4 N–H and O–H groups in total. The van der Waals surface area contributed by atoms with E-state index < -0.39 is 60.1 Å². The zero-order valence-electron chi connectivity index (χ0n) is 48.0. The van der Waals surface area contributed by atoms with Gasteiger partial charge in [-0.15, -0.1) is 0 Å². The summed E-state index contributed by atoms with van der Waals surface area (Å²) in [7, 11) is 0. The molecule has 9 rings (SSSR count). The fraction of sp³-hybridized carbons (Fsp3) is 0.609. The molecular weight excluding hydrogens is 865 g/mol. The number of ether oxygens (including phenoxy) is 1. The lowest BCUT2D eigenvalue weighted by atomic mass is 9.56. The van der Waals surface area contributed by atoms with E-state index in [0.717, 1.165) is 77.9 Å². The molecule has 3 aliphatic carbocycles. The topological polar surface area (TPSA) is 107 Å². The standard InChI is InChI=1S/C64H90O6/c1-55(2,3)41-25-34-29-64-39-26-42(56(4,5)6)51(66)47(60(16,17)18)36(39)31-63(30-35(34)46(50(41)65)59(13,14)15,32-37-40(64)27-43(57(7,8)9)52(67)48(37)61(19,20)21)33-38-45(70-54(64)69)28-44(58(10,11)12)53(68)49(38)62(22,23)24/h25-28,65-68H,29-33H2,1-24H3. The van der Waals surface area contributed by atoms with Crippen LogP contribution in [-0.4, -0.2) is 26.4 Å². The van der Waals surface area contributed by atoms with Crippen molar-refractivity contribution in [1.29, 1.82) is 0 Å². The van der Waals surface area contributed by atoms with Crippen LogP contribution in [0.3, 0.4) is 0 Å². The minimum atomic E-state index is -1.57. The molecule has 382 valence electrons. The summed E-state index contributed by atoms with van der Waals surface area (Å²) in [6.07, 6.45) is 2.00. The molecule has 6 heteroatoms. The third-order valence-electron chi connectivity index (χ3n) is 16.0. The van der Waals surface area contributed by atoms with Crippen molar-refractivity contribution in [2.75, 3.05) is 0 Å². The van der Waals surface area contributed by atoms with Crippen molar-refractivity contribution in [3.8, 4) is 28.7 Å². The zero-order chi connectivity index (χ0) is 53.2. The first-order valence-corrected chi connectivity index (χ1v) is 26.1. The van der Waals surface area contributed by atoms with Gasteiger partial charge in [0, 0.05) is 33.4 Å². The van der Waals surface area contributed by atoms with Crippen LogP contribution in [0.25, 0.3) is 0 Å². The fourth-order valence-corrected chi connectivity index (χ4v) is 13.1. The van der Waals surface area contributed by atoms with E-state index in [1.54, 1.807) is 0 Å². The zero-order valence-corrected chi connectivity index (χ0v) is 48.0. The van der Waals surface area contributed by atoms with Gasteiger partial charge >= 0.3 is 5.97 Å². The minimum absolute atomic E-state index is 0.200. The van der Waals surface area contributed by atoms with Crippen molar-refractivity contribution in [3.63, 3.8) is 0 Å². The molecule has 0 saturated heterocycles. The lowest BCUT2D eigenvalue weighted by Gasteiger charge is -2.47. The third kappa shape index (κ3) is 8.55. The number of aromatic hydroxyl groups is 4. The summed E-state index contributed by atoms with van der Waals surface area (Å²) in [5.41, 5.74) is 6.06. The second kappa shape index (κ2) is 15.8. The first kappa shape index (κ1) is 53.4. The highest BCUT2D eigenvalue weighted by atomic mass is 16.5. The van der Waals surface area contributed by atoms with Gasteiger partial charge in [-0.1, -0.05) is 172 Å². The van der Waals surface area contributed by atoms with Gasteiger partial charge < -0.3 is 25.2 Å². The van der Waals surface area contributed by atoms with Crippen LogP contribution in [0.1, 0.15) is 250 Å². The lowest BCUT2D eigenvalue weighted by molar-refractivity contribution is -0.139. The maximum Gasteiger partial charge on any atom is 0.326 e. The number of hydrogen-bond acceptors (Lipinski definition) is 6. The SMILES string of the molecule is CC(C)(C)c1cc2c(c(C(C)(C)C)c1O)CC13Cc4c(cc(C(C)(C)C)c(O)c4C(C)(C)C)OC(=O)C(C2)(c2cc(C(C)(C)C)c(O)c(C(C)(C)C)c2C1)c1cc(C(C)(C)C)c(O)c(C(C)(C)C)c1C3. The Labute approximate surface area is 423 Å². The van der Waals surface area contributed by atoms with E-state index in [-0.39, 0.29) is 23.7 Å². The molecule has 0 spiro atoms. The van der Waals surface area contributed by atoms with Gasteiger partial charge in [-0.2, -0.15) is 0 Å². The Balaban J connectivity index is 1.94. The Hall–Kier alpha value is -4.45. The Kier molecular flexibility index (Phi) is 12.0. The van der Waals surface area contributed by atoms with Crippen LogP contribution >= 0.6 is 0 Å². The molecule has 2 bridgehead atoms. The first-order chi connectivity index (χ1) is 31.3. The van der Waals surface area contributed by atoms with E-state index in [1.807, 2.05) is 6.07 Å². The number of carbonyl (C=O) groups is 1. The van der Waals surface area contributed by atoms with Gasteiger partial charge in [0.1, 0.15) is 34.2 Å². The van der Waals surface area contributed by atoms with Gasteiger partial charge in [-0.05, 0) is 149 Å². The molecule has 70 heavy (non-hydrogen) atoms. The Morgan fingerprint density at radius 3 is 1.00 bits per heavy atom. The number of phenolic OH excluding ortho intramolecular Hbond substituents is 4. The molecule has 0 aromatic heterocycles. The largest absolute Gasteiger partial charge is 0.507 e. The number of benzene rings is 4. The summed E-state index contributed by atoms with van der Waals surface area (Å²) in [6.45, 7) is 51.4. The molecule has 4 aromatic carbocycles. The Bertz CT molecular complexity index is 2740. The molecule has 0 amide bonds. The van der Waals surface area contributed by atoms with Crippen LogP contribution in [0.15, 0.2) is 24.3 Å². The van der Waals surface area contributed by atoms with E-state index in [4.69, 9.17) is 4.74 Å². The summed E-state index contributed by atoms with van der Waals surface area (Å²) in [5.74, 6) is 1.05. The molecule has 4 aromatic rings. The van der Waals surface area contributed by atoms with Crippen LogP contribution in [0.5, 0.6) is 28.7 Å². The van der Waals surface area contributed by atoms with Crippen LogP contribution < -0.4 is 4.74 Å². The van der Waals surface area contributed by atoms with Gasteiger partial charge in [-0.25, -0.2) is 0 Å². The molecule has 0 radical (unpaired) electrons. The summed E-state index contributed by atoms with van der Waals surface area (Å²) in [4.78, 5) is 17.4. The summed E-state index contributed by atoms with van der Waals surface area (Å²) in [5, 5.41) is 51.7. The van der Waals surface area contributed by atoms with Crippen molar-refractivity contribution < 1.29 is 30.0 Å². The molecule has 2 aliphatic heterocycles. The van der Waals surface area contributed by atoms with Gasteiger partial charge in [0.2, 0.25) is 0 Å². The minimum Gasteiger partial charge on any atom is -0.507 e. The van der Waals surface area contributed by atoms with Gasteiger partial charge in [0.05, 0.1) is 0 Å². The van der Waals surface area contributed by atoms with Crippen LogP contribution in [0, 0.1) is 5.41 Å². The van der Waals surface area contributed by atoms with Gasteiger partial charge in [0.15, 0.2) is 0 Å². The monoisotopic (exact) mass is 955 g/mol. The predicted octanol–water partition coefficient (Wildman–Crippen LogP) is 15.2. The fourth-order valence-electron chi connectivity index (χ4n) is 13.1. The summed E-state index contributed by atoms with van der Waals surface area (Å²) < 4.78 is 7.40. The Morgan fingerprint density at radius 1 is 0.371 bits per heavy atom. The average molecular weight is 955 g/mol. The molecule has 5 aliphatic rings. The average Bonchev–Trinajstić information content (AvgIpc) is 3.18. The van der Waals surface area contributed by atoms with Crippen molar-refractivity contribution >= 4 is 5.97 Å². The molecule has 0 unspecified atom stereocenters. The van der Waals surface area contributed by atoms with Crippen LogP contribution in [-0.2, 0) is 85.6 Å². The van der Waals surface area contributed by atoms with E-state index in [2.05, 4.69) is 184 Å². The maximum atomic E-state index is 17.4. The number of rotatable bonds is 0. The van der Waals surface area contributed by atoms with E-state index >= 15 is 4.79 Å².